The number of piperazine rings is 1. The average molecular weight is 494 g/mol. The van der Waals surface area contributed by atoms with Gasteiger partial charge in [0.2, 0.25) is 10.0 Å². The zero-order valence-corrected chi connectivity index (χ0v) is 19.2. The molecule has 1 saturated heterocycles. The summed E-state index contributed by atoms with van der Waals surface area (Å²) in [5.41, 5.74) is 0.741. The minimum Gasteiger partial charge on any atom is -0.452 e. The highest BCUT2D eigenvalue weighted by Gasteiger charge is 2.29. The first kappa shape index (κ1) is 25.1. The number of esters is 1. The Bertz CT molecular complexity index is 1150. The highest BCUT2D eigenvalue weighted by Crippen LogP contribution is 2.22. The number of benzene rings is 2. The van der Waals surface area contributed by atoms with Crippen LogP contribution in [-0.4, -0.2) is 70.1 Å². The van der Waals surface area contributed by atoms with Crippen LogP contribution >= 0.6 is 0 Å². The number of alkyl carbamates (subject to hydrolysis) is 1. The Labute approximate surface area is 196 Å². The van der Waals surface area contributed by atoms with Crippen LogP contribution in [0.15, 0.2) is 53.4 Å². The number of hydrogen-bond acceptors (Lipinski definition) is 8. The molecule has 2 aromatic rings. The van der Waals surface area contributed by atoms with Crippen LogP contribution in [0.25, 0.3) is 0 Å². The fraction of sp³-hybridized carbons (Fsp3) is 0.318. The summed E-state index contributed by atoms with van der Waals surface area (Å²) in [6.07, 6.45) is -0.962. The van der Waals surface area contributed by atoms with Crippen molar-refractivity contribution < 1.29 is 36.7 Å². The maximum Gasteiger partial charge on any atom is 0.413 e. The molecular formula is C22H24FN3O7S. The number of carbonyl (C=O) groups excluding carboxylic acids is 3. The molecule has 1 N–H and O–H groups in total. The summed E-state index contributed by atoms with van der Waals surface area (Å²) in [4.78, 5) is 37.0. The molecule has 0 bridgehead atoms. The molecular weight excluding hydrogens is 469 g/mol. The Morgan fingerprint density at radius 3 is 2.32 bits per heavy atom. The number of ether oxygens (including phenoxy) is 2. The molecule has 1 aliphatic rings. The molecule has 12 heteroatoms. The molecule has 0 unspecified atom stereocenters. The van der Waals surface area contributed by atoms with Gasteiger partial charge in [0.15, 0.2) is 6.61 Å². The summed E-state index contributed by atoms with van der Waals surface area (Å²) in [5, 5.41) is 1.88. The average Bonchev–Trinajstić information content (AvgIpc) is 2.83. The smallest absolute Gasteiger partial charge is 0.413 e. The number of nitrogens with zero attached hydrogens (tertiary/aromatic N) is 2. The van der Waals surface area contributed by atoms with E-state index in [1.54, 1.807) is 19.1 Å². The van der Waals surface area contributed by atoms with Gasteiger partial charge in [0.05, 0.1) is 17.1 Å². The lowest BCUT2D eigenvalue weighted by molar-refractivity contribution is -0.123. The highest BCUT2D eigenvalue weighted by atomic mass is 32.2. The van der Waals surface area contributed by atoms with E-state index in [-0.39, 0.29) is 36.0 Å². The molecule has 0 aliphatic carbocycles. The number of sulfonamides is 1. The van der Waals surface area contributed by atoms with Crippen LogP contribution in [0.4, 0.5) is 14.9 Å². The van der Waals surface area contributed by atoms with Crippen molar-refractivity contribution in [3.05, 3.63) is 59.9 Å². The van der Waals surface area contributed by atoms with Gasteiger partial charge < -0.3 is 14.4 Å². The Morgan fingerprint density at radius 2 is 1.68 bits per heavy atom. The zero-order valence-electron chi connectivity index (χ0n) is 18.4. The number of carbonyl (C=O) groups is 3. The fourth-order valence-corrected chi connectivity index (χ4v) is 4.77. The van der Waals surface area contributed by atoms with Crippen molar-refractivity contribution in [2.75, 3.05) is 44.3 Å². The van der Waals surface area contributed by atoms with E-state index in [0.717, 1.165) is 5.69 Å². The van der Waals surface area contributed by atoms with Crippen LogP contribution in [-0.2, 0) is 24.3 Å². The quantitative estimate of drug-likeness (QED) is 0.579. The van der Waals surface area contributed by atoms with Gasteiger partial charge in [-0.25, -0.2) is 22.4 Å². The molecule has 2 aromatic carbocycles. The summed E-state index contributed by atoms with van der Waals surface area (Å²) in [6.45, 7) is 2.16. The Hall–Kier alpha value is -3.51. The number of halogens is 1. The highest BCUT2D eigenvalue weighted by molar-refractivity contribution is 7.89. The first-order chi connectivity index (χ1) is 16.2. The normalized spacial score (nSPS) is 14.4. The predicted octanol–water partition coefficient (Wildman–Crippen LogP) is 1.77. The molecule has 0 spiro atoms. The molecule has 3 rings (SSSR count). The van der Waals surface area contributed by atoms with E-state index < -0.39 is 34.6 Å². The Kier molecular flexibility index (Phi) is 8.18. The van der Waals surface area contributed by atoms with Gasteiger partial charge in [-0.15, -0.1) is 0 Å². The first-order valence-corrected chi connectivity index (χ1v) is 11.9. The predicted molar refractivity (Wildman–Crippen MR) is 119 cm³/mol. The SMILES string of the molecule is CCOC(=O)NC(=O)COC(=O)c1cccc(S(=O)(=O)N2CCN(c3ccc(F)cc3)CC2)c1. The third-order valence-electron chi connectivity index (χ3n) is 4.99. The van der Waals surface area contributed by atoms with Gasteiger partial charge in [0.1, 0.15) is 5.82 Å². The van der Waals surface area contributed by atoms with E-state index in [9.17, 15) is 27.2 Å². The van der Waals surface area contributed by atoms with Crippen LogP contribution in [0.2, 0.25) is 0 Å². The summed E-state index contributed by atoms with van der Waals surface area (Å²) < 4.78 is 50.0. The van der Waals surface area contributed by atoms with E-state index in [0.29, 0.717) is 13.1 Å². The number of rotatable bonds is 7. The molecule has 1 aliphatic heterocycles. The molecule has 0 aromatic heterocycles. The van der Waals surface area contributed by atoms with Crippen molar-refractivity contribution >= 4 is 33.7 Å². The molecule has 10 nitrogen and oxygen atoms in total. The van der Waals surface area contributed by atoms with E-state index >= 15 is 0 Å². The number of nitrogens with one attached hydrogen (secondary N) is 1. The van der Waals surface area contributed by atoms with Crippen LogP contribution in [0.5, 0.6) is 0 Å². The Balaban J connectivity index is 1.60. The van der Waals surface area contributed by atoms with Crippen molar-refractivity contribution in [2.24, 2.45) is 0 Å². The third-order valence-corrected chi connectivity index (χ3v) is 6.88. The van der Waals surface area contributed by atoms with E-state index in [1.807, 2.05) is 10.2 Å². The van der Waals surface area contributed by atoms with Gasteiger partial charge in [-0.2, -0.15) is 4.31 Å². The lowest BCUT2D eigenvalue weighted by Gasteiger charge is -2.35. The number of hydrogen-bond donors (Lipinski definition) is 1. The van der Waals surface area contributed by atoms with Crippen LogP contribution in [0.1, 0.15) is 17.3 Å². The second-order valence-corrected chi connectivity index (χ2v) is 9.18. The van der Waals surface area contributed by atoms with Gasteiger partial charge in [-0.1, -0.05) is 6.07 Å². The van der Waals surface area contributed by atoms with Crippen LogP contribution < -0.4 is 10.2 Å². The second kappa shape index (κ2) is 11.1. The second-order valence-electron chi connectivity index (χ2n) is 7.24. The van der Waals surface area contributed by atoms with Crippen molar-refractivity contribution in [3.8, 4) is 0 Å². The van der Waals surface area contributed by atoms with Crippen molar-refractivity contribution in [3.63, 3.8) is 0 Å². The van der Waals surface area contributed by atoms with Crippen molar-refractivity contribution in [1.82, 2.24) is 9.62 Å². The number of amides is 2. The summed E-state index contributed by atoms with van der Waals surface area (Å²) in [7, 11) is -3.89. The lowest BCUT2D eigenvalue weighted by atomic mass is 10.2. The van der Waals surface area contributed by atoms with E-state index in [1.165, 1.54) is 40.7 Å². The van der Waals surface area contributed by atoms with Gasteiger partial charge >= 0.3 is 12.1 Å². The molecule has 34 heavy (non-hydrogen) atoms. The lowest BCUT2D eigenvalue weighted by Crippen LogP contribution is -2.48. The monoisotopic (exact) mass is 493 g/mol. The van der Waals surface area contributed by atoms with Crippen molar-refractivity contribution in [2.45, 2.75) is 11.8 Å². The summed E-state index contributed by atoms with van der Waals surface area (Å²) >= 11 is 0. The van der Waals surface area contributed by atoms with E-state index in [4.69, 9.17) is 4.74 Å². The maximum atomic E-state index is 13.1. The van der Waals surface area contributed by atoms with Crippen molar-refractivity contribution in [1.29, 1.82) is 0 Å². The molecule has 1 fully saturated rings. The van der Waals surface area contributed by atoms with Gasteiger partial charge in [0.25, 0.3) is 5.91 Å². The van der Waals surface area contributed by atoms with Gasteiger partial charge in [-0.3, -0.25) is 10.1 Å². The standard InChI is InChI=1S/C22H24FN3O7S/c1-2-32-22(29)24-20(27)15-33-21(28)16-4-3-5-19(14-16)34(30,31)26-12-10-25(11-13-26)18-8-6-17(23)7-9-18/h3-9,14H,2,10-13,15H2,1H3,(H,24,27,29). The minimum atomic E-state index is -3.89. The van der Waals surface area contributed by atoms with E-state index in [2.05, 4.69) is 4.74 Å². The third kappa shape index (κ3) is 6.29. The minimum absolute atomic E-state index is 0.0602. The largest absolute Gasteiger partial charge is 0.452 e. The molecule has 0 atom stereocenters. The summed E-state index contributed by atoms with van der Waals surface area (Å²) in [6, 6.07) is 11.3. The molecule has 2 amide bonds. The Morgan fingerprint density at radius 1 is 1.00 bits per heavy atom. The van der Waals surface area contributed by atoms with Crippen LogP contribution in [0.3, 0.4) is 0 Å². The molecule has 1 heterocycles. The first-order valence-electron chi connectivity index (χ1n) is 10.4. The van der Waals surface area contributed by atoms with Gasteiger partial charge in [-0.05, 0) is 49.4 Å². The number of imide groups is 1. The molecule has 0 saturated carbocycles. The van der Waals surface area contributed by atoms with Crippen LogP contribution in [0, 0.1) is 5.82 Å². The van der Waals surface area contributed by atoms with Gasteiger partial charge in [0, 0.05) is 31.9 Å². The molecule has 182 valence electrons. The number of anilines is 1. The maximum absolute atomic E-state index is 13.1. The topological polar surface area (TPSA) is 122 Å². The molecule has 0 radical (unpaired) electrons. The summed E-state index contributed by atoms with van der Waals surface area (Å²) in [5.74, 6) is -2.14. The zero-order chi connectivity index (χ0) is 24.7. The fourth-order valence-electron chi connectivity index (χ4n) is 3.30.